The molecule has 0 N–H and O–H groups in total. The number of nitrogens with zero attached hydrogens (tertiary/aromatic N) is 2. The average Bonchev–Trinajstić information content (AvgIpc) is 2.41. The predicted molar refractivity (Wildman–Crippen MR) is 79.9 cm³/mol. The lowest BCUT2D eigenvalue weighted by atomic mass is 10.1. The largest absolute Gasteiger partial charge is 0.352 e. The molecule has 2 nitrogen and oxygen atoms in total. The number of aryl methyl sites for hydroxylation is 1. The normalized spacial score (nSPS) is 12.3. The van der Waals surface area contributed by atoms with Crippen LogP contribution in [-0.2, 0) is 0 Å². The molecule has 0 saturated carbocycles. The predicted octanol–water partition coefficient (Wildman–Crippen LogP) is 4.49. The highest BCUT2D eigenvalue weighted by molar-refractivity contribution is 9.10. The molecule has 1 heterocycles. The van der Waals surface area contributed by atoms with Gasteiger partial charge in [-0.1, -0.05) is 18.2 Å². The molecule has 0 aliphatic rings. The number of hydrogen-bond acceptors (Lipinski definition) is 2. The van der Waals surface area contributed by atoms with Crippen LogP contribution in [0.1, 0.15) is 24.1 Å². The summed E-state index contributed by atoms with van der Waals surface area (Å²) >= 11 is 3.54. The molecule has 0 amide bonds. The van der Waals surface area contributed by atoms with Gasteiger partial charge in [-0.25, -0.2) is 9.37 Å². The molecule has 19 heavy (non-hydrogen) atoms. The van der Waals surface area contributed by atoms with E-state index in [1.54, 1.807) is 18.3 Å². The maximum atomic E-state index is 13.8. The molecule has 1 unspecified atom stereocenters. The fraction of sp³-hybridized carbons (Fsp3) is 0.267. The third-order valence-corrected chi connectivity index (χ3v) is 4.31. The van der Waals surface area contributed by atoms with Gasteiger partial charge in [0.25, 0.3) is 0 Å². The molecule has 0 radical (unpaired) electrons. The van der Waals surface area contributed by atoms with Gasteiger partial charge in [0.1, 0.15) is 11.6 Å². The summed E-state index contributed by atoms with van der Waals surface area (Å²) in [5, 5.41) is 0. The molecule has 0 saturated heterocycles. The van der Waals surface area contributed by atoms with E-state index >= 15 is 0 Å². The Morgan fingerprint density at radius 3 is 2.63 bits per heavy atom. The van der Waals surface area contributed by atoms with E-state index in [9.17, 15) is 4.39 Å². The quantitative estimate of drug-likeness (QED) is 0.827. The Labute approximate surface area is 121 Å². The van der Waals surface area contributed by atoms with Crippen molar-refractivity contribution in [3.8, 4) is 0 Å². The lowest BCUT2D eigenvalue weighted by Crippen LogP contribution is -2.24. The van der Waals surface area contributed by atoms with Crippen molar-refractivity contribution in [1.29, 1.82) is 0 Å². The number of halogens is 2. The fourth-order valence-corrected chi connectivity index (χ4v) is 2.49. The second kappa shape index (κ2) is 5.70. The second-order valence-corrected chi connectivity index (χ2v) is 5.37. The Morgan fingerprint density at radius 1 is 1.26 bits per heavy atom. The summed E-state index contributed by atoms with van der Waals surface area (Å²) in [6.07, 6.45) is 1.76. The third-order valence-electron chi connectivity index (χ3n) is 3.33. The van der Waals surface area contributed by atoms with Crippen molar-refractivity contribution < 1.29 is 4.39 Å². The third kappa shape index (κ3) is 2.78. The van der Waals surface area contributed by atoms with Crippen LogP contribution in [-0.4, -0.2) is 12.0 Å². The molecule has 0 bridgehead atoms. The van der Waals surface area contributed by atoms with Crippen molar-refractivity contribution in [3.63, 3.8) is 0 Å². The van der Waals surface area contributed by atoms with E-state index in [4.69, 9.17) is 0 Å². The van der Waals surface area contributed by atoms with E-state index in [1.165, 1.54) is 6.07 Å². The summed E-state index contributed by atoms with van der Waals surface area (Å²) < 4.78 is 14.8. The van der Waals surface area contributed by atoms with Crippen LogP contribution in [0, 0.1) is 12.7 Å². The molecular weight excluding hydrogens is 307 g/mol. The first kappa shape index (κ1) is 14.0. The molecule has 2 rings (SSSR count). The van der Waals surface area contributed by atoms with Crippen LogP contribution in [0.15, 0.2) is 41.0 Å². The molecule has 0 aliphatic heterocycles. The summed E-state index contributed by atoms with van der Waals surface area (Å²) in [5.41, 5.74) is 1.78. The van der Waals surface area contributed by atoms with Crippen molar-refractivity contribution in [2.45, 2.75) is 19.9 Å². The van der Waals surface area contributed by atoms with Crippen LogP contribution in [0.2, 0.25) is 0 Å². The topological polar surface area (TPSA) is 16.1 Å². The summed E-state index contributed by atoms with van der Waals surface area (Å²) in [6.45, 7) is 3.98. The molecule has 0 spiro atoms. The van der Waals surface area contributed by atoms with Gasteiger partial charge in [0, 0.05) is 18.8 Å². The van der Waals surface area contributed by atoms with Gasteiger partial charge in [-0.15, -0.1) is 0 Å². The molecular formula is C15H16BrFN2. The van der Waals surface area contributed by atoms with E-state index in [2.05, 4.69) is 20.9 Å². The Kier molecular flexibility index (Phi) is 4.20. The van der Waals surface area contributed by atoms with Crippen LogP contribution in [0.5, 0.6) is 0 Å². The van der Waals surface area contributed by atoms with Crippen LogP contribution in [0.3, 0.4) is 0 Å². The van der Waals surface area contributed by atoms with Crippen molar-refractivity contribution in [3.05, 3.63) is 57.9 Å². The molecule has 1 aromatic heterocycles. The first-order chi connectivity index (χ1) is 9.02. The minimum atomic E-state index is -0.189. The van der Waals surface area contributed by atoms with Crippen molar-refractivity contribution >= 4 is 21.7 Å². The Hall–Kier alpha value is -1.42. The lowest BCUT2D eigenvalue weighted by Gasteiger charge is -2.27. The smallest absolute Gasteiger partial charge is 0.143 e. The van der Waals surface area contributed by atoms with E-state index in [0.29, 0.717) is 5.56 Å². The van der Waals surface area contributed by atoms with E-state index < -0.39 is 0 Å². The standard InChI is InChI=1S/C15H16BrFN2/c1-10-8-9-18-15(14(10)16)19(3)11(2)12-6-4-5-7-13(12)17/h4-9,11H,1-3H3. The minimum absolute atomic E-state index is 0.0909. The van der Waals surface area contributed by atoms with Gasteiger partial charge in [-0.05, 0) is 47.5 Å². The summed E-state index contributed by atoms with van der Waals surface area (Å²) in [6, 6.07) is 8.69. The van der Waals surface area contributed by atoms with Gasteiger partial charge in [0.2, 0.25) is 0 Å². The SMILES string of the molecule is Cc1ccnc(N(C)C(C)c2ccccc2F)c1Br. The van der Waals surface area contributed by atoms with Gasteiger partial charge >= 0.3 is 0 Å². The van der Waals surface area contributed by atoms with Gasteiger partial charge < -0.3 is 4.90 Å². The number of rotatable bonds is 3. The van der Waals surface area contributed by atoms with Gasteiger partial charge in [-0.3, -0.25) is 0 Å². The fourth-order valence-electron chi connectivity index (χ4n) is 1.98. The maximum absolute atomic E-state index is 13.8. The molecule has 0 aliphatic carbocycles. The number of anilines is 1. The summed E-state index contributed by atoms with van der Waals surface area (Å²) in [7, 11) is 1.92. The van der Waals surface area contributed by atoms with Crippen molar-refractivity contribution in [2.75, 3.05) is 11.9 Å². The number of pyridine rings is 1. The number of benzene rings is 1. The Bertz CT molecular complexity index is 586. The minimum Gasteiger partial charge on any atom is -0.352 e. The molecule has 4 heteroatoms. The zero-order valence-corrected chi connectivity index (χ0v) is 12.8. The molecule has 1 atom stereocenters. The Balaban J connectivity index is 2.37. The highest BCUT2D eigenvalue weighted by Crippen LogP contribution is 2.32. The van der Waals surface area contributed by atoms with Crippen LogP contribution in [0.4, 0.5) is 10.2 Å². The van der Waals surface area contributed by atoms with Gasteiger partial charge in [0.05, 0.1) is 10.5 Å². The average molecular weight is 323 g/mol. The maximum Gasteiger partial charge on any atom is 0.143 e. The van der Waals surface area contributed by atoms with Crippen LogP contribution >= 0.6 is 15.9 Å². The van der Waals surface area contributed by atoms with E-state index in [-0.39, 0.29) is 11.9 Å². The van der Waals surface area contributed by atoms with E-state index in [0.717, 1.165) is 15.9 Å². The molecule has 0 fully saturated rings. The summed E-state index contributed by atoms with van der Waals surface area (Å²) in [5.74, 6) is 0.626. The van der Waals surface area contributed by atoms with Crippen molar-refractivity contribution in [1.82, 2.24) is 4.98 Å². The van der Waals surface area contributed by atoms with Gasteiger partial charge in [0.15, 0.2) is 0 Å². The highest BCUT2D eigenvalue weighted by atomic mass is 79.9. The van der Waals surface area contributed by atoms with Gasteiger partial charge in [-0.2, -0.15) is 0 Å². The summed E-state index contributed by atoms with van der Waals surface area (Å²) in [4.78, 5) is 6.34. The van der Waals surface area contributed by atoms with Crippen molar-refractivity contribution in [2.24, 2.45) is 0 Å². The highest BCUT2D eigenvalue weighted by Gasteiger charge is 2.19. The number of aromatic nitrogens is 1. The van der Waals surface area contributed by atoms with E-state index in [1.807, 2.05) is 37.9 Å². The second-order valence-electron chi connectivity index (χ2n) is 4.57. The first-order valence-electron chi connectivity index (χ1n) is 6.10. The zero-order valence-electron chi connectivity index (χ0n) is 11.2. The lowest BCUT2D eigenvalue weighted by molar-refractivity contribution is 0.584. The van der Waals surface area contributed by atoms with Crippen LogP contribution < -0.4 is 4.90 Å². The monoisotopic (exact) mass is 322 g/mol. The Morgan fingerprint density at radius 2 is 1.95 bits per heavy atom. The molecule has 100 valence electrons. The van der Waals surface area contributed by atoms with Crippen LogP contribution in [0.25, 0.3) is 0 Å². The first-order valence-corrected chi connectivity index (χ1v) is 6.90. The molecule has 2 aromatic rings. The zero-order chi connectivity index (χ0) is 14.0. The molecule has 1 aromatic carbocycles. The number of hydrogen-bond donors (Lipinski definition) is 0.